The summed E-state index contributed by atoms with van der Waals surface area (Å²) in [6, 6.07) is 4.32. The summed E-state index contributed by atoms with van der Waals surface area (Å²) in [6.45, 7) is -1.35. The van der Waals surface area contributed by atoms with Crippen LogP contribution in [0.4, 0.5) is 0 Å². The SMILES string of the molecule is Cn1cnc(S(=O)(=O)N[C@H]2CCN(C(=O)COCC(=O)O)[C@H](C(=O)N[C@H](Cc3c[nH]c4ccccc34)C(N)=O)C2)c1. The number of rotatable bonds is 12. The number of ether oxygens (including phenoxy) is 1. The number of sulfonamides is 1. The monoisotopic (exact) mass is 589 g/mol. The van der Waals surface area contributed by atoms with Gasteiger partial charge in [0.1, 0.15) is 25.3 Å². The molecule has 0 radical (unpaired) electrons. The van der Waals surface area contributed by atoms with E-state index < -0.39 is 65.1 Å². The molecule has 3 heterocycles. The second-order valence-corrected chi connectivity index (χ2v) is 11.4. The topological polar surface area (TPSA) is 219 Å². The van der Waals surface area contributed by atoms with E-state index in [-0.39, 0.29) is 30.8 Å². The highest BCUT2D eigenvalue weighted by molar-refractivity contribution is 7.89. The first-order valence-electron chi connectivity index (χ1n) is 12.7. The zero-order valence-corrected chi connectivity index (χ0v) is 23.0. The molecule has 3 atom stereocenters. The van der Waals surface area contributed by atoms with Crippen molar-refractivity contribution in [2.24, 2.45) is 12.8 Å². The number of carboxylic acids is 1. The Hall–Kier alpha value is -4.28. The van der Waals surface area contributed by atoms with E-state index in [1.165, 1.54) is 22.0 Å². The lowest BCUT2D eigenvalue weighted by atomic mass is 9.96. The number of aromatic amines is 1. The molecule has 16 heteroatoms. The van der Waals surface area contributed by atoms with Gasteiger partial charge in [-0.1, -0.05) is 18.2 Å². The molecule has 0 aliphatic carbocycles. The molecular weight excluding hydrogens is 558 g/mol. The van der Waals surface area contributed by atoms with Gasteiger partial charge in [0, 0.05) is 49.4 Å². The molecular formula is C25H31N7O8S. The Morgan fingerprint density at radius 2 is 2.00 bits per heavy atom. The second kappa shape index (κ2) is 12.5. The molecule has 220 valence electrons. The predicted octanol–water partition coefficient (Wildman–Crippen LogP) is -1.15. The minimum atomic E-state index is -4.03. The quantitative estimate of drug-likeness (QED) is 0.172. The van der Waals surface area contributed by atoms with Crippen LogP contribution in [-0.2, 0) is 47.4 Å². The van der Waals surface area contributed by atoms with Crippen LogP contribution in [0, 0.1) is 0 Å². The Morgan fingerprint density at radius 3 is 2.68 bits per heavy atom. The number of amides is 3. The fourth-order valence-electron chi connectivity index (χ4n) is 4.75. The summed E-state index contributed by atoms with van der Waals surface area (Å²) in [4.78, 5) is 57.7. The van der Waals surface area contributed by atoms with Gasteiger partial charge in [0.15, 0.2) is 5.03 Å². The first-order chi connectivity index (χ1) is 19.4. The van der Waals surface area contributed by atoms with Gasteiger partial charge in [-0.2, -0.15) is 0 Å². The van der Waals surface area contributed by atoms with Crippen molar-refractivity contribution in [3.05, 3.63) is 48.5 Å². The van der Waals surface area contributed by atoms with E-state index in [1.807, 2.05) is 24.3 Å². The highest BCUT2D eigenvalue weighted by Gasteiger charge is 2.39. The van der Waals surface area contributed by atoms with Gasteiger partial charge in [0.2, 0.25) is 17.7 Å². The molecule has 0 unspecified atom stereocenters. The van der Waals surface area contributed by atoms with Crippen LogP contribution in [0.5, 0.6) is 0 Å². The number of imidazole rings is 1. The summed E-state index contributed by atoms with van der Waals surface area (Å²) in [5.41, 5.74) is 7.20. The minimum absolute atomic E-state index is 0.0353. The maximum absolute atomic E-state index is 13.5. The number of hydrogen-bond donors (Lipinski definition) is 5. The lowest BCUT2D eigenvalue weighted by Gasteiger charge is -2.39. The number of aliphatic carboxylic acids is 1. The summed E-state index contributed by atoms with van der Waals surface area (Å²) in [7, 11) is -2.41. The standard InChI is InChI=1S/C25H31N7O8S/c1-31-11-21(28-14-31)41(38,39)30-16-6-7-32(22(33)12-40-13-23(34)35)20(9-16)25(37)29-19(24(26)36)8-15-10-27-18-5-3-2-4-17(15)18/h2-5,10-11,14,16,19-20,27,30H,6-9,12-13H2,1H3,(H2,26,36)(H,29,37)(H,34,35)/t16-,19+,20-/m0/s1. The number of fused-ring (bicyclic) bond motifs is 1. The molecule has 1 aliphatic heterocycles. The number of carbonyl (C=O) groups is 4. The minimum Gasteiger partial charge on any atom is -0.480 e. The number of aromatic nitrogens is 3. The molecule has 4 rings (SSSR count). The predicted molar refractivity (Wildman–Crippen MR) is 144 cm³/mol. The van der Waals surface area contributed by atoms with Crippen LogP contribution in [0.25, 0.3) is 10.9 Å². The van der Waals surface area contributed by atoms with Crippen molar-refractivity contribution in [3.63, 3.8) is 0 Å². The normalized spacial score (nSPS) is 18.2. The lowest BCUT2D eigenvalue weighted by Crippen LogP contribution is -2.60. The number of para-hydroxylation sites is 1. The Kier molecular flexibility index (Phi) is 9.05. The number of primary amides is 1. The van der Waals surface area contributed by atoms with Crippen LogP contribution in [0.15, 0.2) is 48.0 Å². The van der Waals surface area contributed by atoms with Crippen molar-refractivity contribution in [2.45, 2.75) is 42.4 Å². The highest BCUT2D eigenvalue weighted by atomic mass is 32.2. The Bertz CT molecular complexity index is 1550. The van der Waals surface area contributed by atoms with E-state index in [4.69, 9.17) is 15.6 Å². The second-order valence-electron chi connectivity index (χ2n) is 9.74. The molecule has 2 aromatic heterocycles. The van der Waals surface area contributed by atoms with Crippen molar-refractivity contribution in [1.29, 1.82) is 0 Å². The Morgan fingerprint density at radius 1 is 1.24 bits per heavy atom. The largest absolute Gasteiger partial charge is 0.480 e. The molecule has 41 heavy (non-hydrogen) atoms. The number of hydrogen-bond acceptors (Lipinski definition) is 8. The zero-order valence-electron chi connectivity index (χ0n) is 22.1. The van der Waals surface area contributed by atoms with Crippen molar-refractivity contribution in [1.82, 2.24) is 29.5 Å². The van der Waals surface area contributed by atoms with Gasteiger partial charge in [-0.25, -0.2) is 22.9 Å². The number of carboxylic acid groups (broad SMARTS) is 1. The number of nitrogens with two attached hydrogens (primary N) is 1. The molecule has 3 amide bonds. The summed E-state index contributed by atoms with van der Waals surface area (Å²) in [6.07, 6.45) is 4.49. The number of H-pyrrole nitrogens is 1. The zero-order chi connectivity index (χ0) is 29.7. The van der Waals surface area contributed by atoms with E-state index in [2.05, 4.69) is 20.0 Å². The van der Waals surface area contributed by atoms with Crippen LogP contribution >= 0.6 is 0 Å². The molecule has 3 aromatic rings. The van der Waals surface area contributed by atoms with Crippen molar-refractivity contribution in [2.75, 3.05) is 19.8 Å². The molecule has 1 aromatic carbocycles. The molecule has 6 N–H and O–H groups in total. The van der Waals surface area contributed by atoms with Crippen LogP contribution < -0.4 is 15.8 Å². The third-order valence-electron chi connectivity index (χ3n) is 6.71. The van der Waals surface area contributed by atoms with Gasteiger partial charge in [-0.05, 0) is 24.5 Å². The van der Waals surface area contributed by atoms with E-state index >= 15 is 0 Å². The number of piperidine rings is 1. The number of nitrogens with zero attached hydrogens (tertiary/aromatic N) is 3. The number of aryl methyl sites for hydroxylation is 1. The van der Waals surface area contributed by atoms with E-state index in [9.17, 15) is 27.6 Å². The average molecular weight is 590 g/mol. The van der Waals surface area contributed by atoms with Crippen molar-refractivity contribution < 1.29 is 37.4 Å². The molecule has 0 spiro atoms. The Labute approximate surface area is 235 Å². The third-order valence-corrected chi connectivity index (χ3v) is 8.12. The summed E-state index contributed by atoms with van der Waals surface area (Å²) < 4.78 is 34.6. The first kappa shape index (κ1) is 29.7. The van der Waals surface area contributed by atoms with Gasteiger partial charge in [-0.15, -0.1) is 0 Å². The number of benzene rings is 1. The van der Waals surface area contributed by atoms with Crippen LogP contribution in [0.1, 0.15) is 18.4 Å². The first-order valence-corrected chi connectivity index (χ1v) is 14.2. The smallest absolute Gasteiger partial charge is 0.329 e. The van der Waals surface area contributed by atoms with Gasteiger partial charge in [-0.3, -0.25) is 14.4 Å². The fraction of sp³-hybridized carbons (Fsp3) is 0.400. The lowest BCUT2D eigenvalue weighted by molar-refractivity contribution is -0.150. The maximum Gasteiger partial charge on any atom is 0.329 e. The van der Waals surface area contributed by atoms with Crippen molar-refractivity contribution >= 4 is 44.6 Å². The number of carbonyl (C=O) groups excluding carboxylic acids is 3. The van der Waals surface area contributed by atoms with Crippen LogP contribution in [-0.4, -0.2) is 94.5 Å². The summed E-state index contributed by atoms with van der Waals surface area (Å²) in [5, 5.41) is 12.1. The fourth-order valence-corrected chi connectivity index (χ4v) is 6.01. The summed E-state index contributed by atoms with van der Waals surface area (Å²) >= 11 is 0. The number of nitrogens with one attached hydrogen (secondary N) is 3. The van der Waals surface area contributed by atoms with Gasteiger partial charge in [0.25, 0.3) is 10.0 Å². The average Bonchev–Trinajstić information content (AvgIpc) is 3.54. The van der Waals surface area contributed by atoms with E-state index in [1.54, 1.807) is 13.2 Å². The molecule has 1 aliphatic rings. The van der Waals surface area contributed by atoms with Gasteiger partial charge in [0.05, 0.1) is 6.33 Å². The van der Waals surface area contributed by atoms with Gasteiger partial charge < -0.3 is 35.3 Å². The van der Waals surface area contributed by atoms with Crippen LogP contribution in [0.2, 0.25) is 0 Å². The van der Waals surface area contributed by atoms with Crippen LogP contribution in [0.3, 0.4) is 0 Å². The van der Waals surface area contributed by atoms with Crippen molar-refractivity contribution in [3.8, 4) is 0 Å². The molecule has 1 saturated heterocycles. The van der Waals surface area contributed by atoms with E-state index in [0.717, 1.165) is 16.5 Å². The highest BCUT2D eigenvalue weighted by Crippen LogP contribution is 2.22. The number of likely N-dealkylation sites (tertiary alicyclic amines) is 1. The third kappa shape index (κ3) is 7.27. The molecule has 15 nitrogen and oxygen atoms in total. The molecule has 1 fully saturated rings. The Balaban J connectivity index is 1.52. The maximum atomic E-state index is 13.5. The summed E-state index contributed by atoms with van der Waals surface area (Å²) in [5.74, 6) is -3.45. The van der Waals surface area contributed by atoms with E-state index in [0.29, 0.717) is 0 Å². The van der Waals surface area contributed by atoms with Gasteiger partial charge >= 0.3 is 5.97 Å². The molecule has 0 bridgehead atoms. The molecule has 0 saturated carbocycles.